The first kappa shape index (κ1) is 19.3. The summed E-state index contributed by atoms with van der Waals surface area (Å²) in [5.74, 6) is 0. The maximum Gasteiger partial charge on any atom is 0.269 e. The van der Waals surface area contributed by atoms with Gasteiger partial charge in [-0.05, 0) is 35.4 Å². The Kier molecular flexibility index (Phi) is 5.14. The molecule has 2 atom stereocenters. The Hall–Kier alpha value is -3.07. The molecule has 1 aliphatic heterocycles. The summed E-state index contributed by atoms with van der Waals surface area (Å²) in [5.41, 5.74) is 1.34. The van der Waals surface area contributed by atoms with Crippen LogP contribution >= 0.6 is 0 Å². The molecule has 1 saturated heterocycles. The minimum Gasteiger partial charge on any atom is -0.349 e. The van der Waals surface area contributed by atoms with Gasteiger partial charge in [-0.2, -0.15) is 4.31 Å². The number of nitro groups is 1. The molecule has 0 aromatic heterocycles. The van der Waals surface area contributed by atoms with Crippen LogP contribution in [0.4, 0.5) is 5.69 Å². The summed E-state index contributed by atoms with van der Waals surface area (Å²) in [6, 6.07) is 23.3. The normalized spacial score (nSPS) is 19.9. The van der Waals surface area contributed by atoms with Gasteiger partial charge in [0.15, 0.2) is 6.23 Å². The quantitative estimate of drug-likeness (QED) is 0.467. The summed E-state index contributed by atoms with van der Waals surface area (Å²) in [6.45, 7) is 0.142. The average molecular weight is 410 g/mol. The Balaban J connectivity index is 1.74. The predicted octanol–water partition coefficient (Wildman–Crippen LogP) is 4.06. The van der Waals surface area contributed by atoms with Crippen molar-refractivity contribution in [3.8, 4) is 0 Å². The zero-order chi connectivity index (χ0) is 20.4. The topological polar surface area (TPSA) is 89.8 Å². The van der Waals surface area contributed by atoms with Gasteiger partial charge in [0.1, 0.15) is 0 Å². The lowest BCUT2D eigenvalue weighted by atomic mass is 10.1. The molecule has 2 unspecified atom stereocenters. The molecule has 0 N–H and O–H groups in total. The van der Waals surface area contributed by atoms with E-state index in [1.165, 1.54) is 40.7 Å². The lowest BCUT2D eigenvalue weighted by Gasteiger charge is -2.22. The fourth-order valence-electron chi connectivity index (χ4n) is 3.33. The van der Waals surface area contributed by atoms with E-state index < -0.39 is 27.3 Å². The summed E-state index contributed by atoms with van der Waals surface area (Å²) in [6.07, 6.45) is -1.33. The molecule has 1 fully saturated rings. The van der Waals surface area contributed by atoms with Crippen LogP contribution < -0.4 is 0 Å². The molecule has 0 aliphatic carbocycles. The van der Waals surface area contributed by atoms with Gasteiger partial charge in [0, 0.05) is 18.7 Å². The number of non-ortho nitro benzene ring substituents is 1. The molecule has 3 aromatic rings. The Bertz CT molecular complexity index is 1100. The largest absolute Gasteiger partial charge is 0.349 e. The highest BCUT2D eigenvalue weighted by Gasteiger charge is 2.42. The molecule has 8 heteroatoms. The first-order chi connectivity index (χ1) is 14.0. The third kappa shape index (κ3) is 3.77. The predicted molar refractivity (Wildman–Crippen MR) is 106 cm³/mol. The van der Waals surface area contributed by atoms with E-state index in [9.17, 15) is 18.5 Å². The van der Waals surface area contributed by atoms with Crippen molar-refractivity contribution in [3.05, 3.63) is 106 Å². The van der Waals surface area contributed by atoms with Crippen LogP contribution in [0.1, 0.15) is 23.5 Å². The third-order valence-electron chi connectivity index (χ3n) is 4.81. The summed E-state index contributed by atoms with van der Waals surface area (Å²) in [7, 11) is -3.83. The summed E-state index contributed by atoms with van der Waals surface area (Å²) in [5, 5.41) is 10.9. The van der Waals surface area contributed by atoms with Crippen molar-refractivity contribution in [2.45, 2.75) is 17.2 Å². The summed E-state index contributed by atoms with van der Waals surface area (Å²) < 4.78 is 34.1. The monoisotopic (exact) mass is 410 g/mol. The second-order valence-corrected chi connectivity index (χ2v) is 8.51. The van der Waals surface area contributed by atoms with Gasteiger partial charge < -0.3 is 4.74 Å². The molecule has 29 heavy (non-hydrogen) atoms. The SMILES string of the molecule is O=[N+]([O-])c1ccc(C2OC(c3ccccc3)CN2S(=O)(=O)c2ccccc2)cc1. The van der Waals surface area contributed by atoms with Crippen LogP contribution in [0.15, 0.2) is 89.8 Å². The highest BCUT2D eigenvalue weighted by Crippen LogP contribution is 2.41. The van der Waals surface area contributed by atoms with Crippen LogP contribution in [0.25, 0.3) is 0 Å². The van der Waals surface area contributed by atoms with Crippen molar-refractivity contribution in [2.75, 3.05) is 6.54 Å². The number of hydrogen-bond acceptors (Lipinski definition) is 5. The van der Waals surface area contributed by atoms with Crippen molar-refractivity contribution in [3.63, 3.8) is 0 Å². The molecule has 3 aromatic carbocycles. The van der Waals surface area contributed by atoms with Crippen LogP contribution in [0.3, 0.4) is 0 Å². The average Bonchev–Trinajstić information content (AvgIpc) is 3.21. The Labute approximate surface area is 168 Å². The van der Waals surface area contributed by atoms with Gasteiger partial charge in [-0.15, -0.1) is 0 Å². The molecule has 7 nitrogen and oxygen atoms in total. The zero-order valence-corrected chi connectivity index (χ0v) is 16.1. The van der Waals surface area contributed by atoms with Gasteiger partial charge in [0.25, 0.3) is 5.69 Å². The van der Waals surface area contributed by atoms with Crippen molar-refractivity contribution in [1.82, 2.24) is 4.31 Å². The first-order valence-electron chi connectivity index (χ1n) is 8.98. The fourth-order valence-corrected chi connectivity index (χ4v) is 4.86. The first-order valence-corrected chi connectivity index (χ1v) is 10.4. The molecule has 0 radical (unpaired) electrons. The Morgan fingerprint density at radius 3 is 2.03 bits per heavy atom. The molecule has 0 spiro atoms. The smallest absolute Gasteiger partial charge is 0.269 e. The van der Waals surface area contributed by atoms with Crippen molar-refractivity contribution >= 4 is 15.7 Å². The molecule has 4 rings (SSSR count). The lowest BCUT2D eigenvalue weighted by molar-refractivity contribution is -0.384. The fraction of sp³-hybridized carbons (Fsp3) is 0.143. The van der Waals surface area contributed by atoms with Crippen molar-refractivity contribution in [2.24, 2.45) is 0 Å². The number of hydrogen-bond donors (Lipinski definition) is 0. The van der Waals surface area contributed by atoms with Crippen LogP contribution in [0.5, 0.6) is 0 Å². The minimum atomic E-state index is -3.83. The Morgan fingerprint density at radius 1 is 0.862 bits per heavy atom. The van der Waals surface area contributed by atoms with E-state index in [1.54, 1.807) is 18.2 Å². The molecular weight excluding hydrogens is 392 g/mol. The second-order valence-electron chi connectivity index (χ2n) is 6.62. The van der Waals surface area contributed by atoms with E-state index in [-0.39, 0.29) is 17.1 Å². The van der Waals surface area contributed by atoms with E-state index in [0.29, 0.717) is 5.56 Å². The van der Waals surface area contributed by atoms with Crippen LogP contribution in [-0.4, -0.2) is 24.2 Å². The standard InChI is InChI=1S/C21H18N2O5S/c24-23(25)18-13-11-17(12-14-18)21-22(29(26,27)19-9-5-2-6-10-19)15-20(28-21)16-7-3-1-4-8-16/h1-14,20-21H,15H2. The number of ether oxygens (including phenoxy) is 1. The minimum absolute atomic E-state index is 0.0659. The van der Waals surface area contributed by atoms with Gasteiger partial charge >= 0.3 is 0 Å². The van der Waals surface area contributed by atoms with Gasteiger partial charge in [-0.25, -0.2) is 8.42 Å². The maximum absolute atomic E-state index is 13.3. The Morgan fingerprint density at radius 2 is 1.45 bits per heavy atom. The summed E-state index contributed by atoms with van der Waals surface area (Å²) >= 11 is 0. The van der Waals surface area contributed by atoms with E-state index in [4.69, 9.17) is 4.74 Å². The van der Waals surface area contributed by atoms with Gasteiger partial charge in [0.2, 0.25) is 10.0 Å². The third-order valence-corrected chi connectivity index (χ3v) is 6.64. The van der Waals surface area contributed by atoms with E-state index >= 15 is 0 Å². The van der Waals surface area contributed by atoms with Gasteiger partial charge in [-0.1, -0.05) is 48.5 Å². The molecular formula is C21H18N2O5S. The number of sulfonamides is 1. The van der Waals surface area contributed by atoms with Gasteiger partial charge in [0.05, 0.1) is 15.9 Å². The van der Waals surface area contributed by atoms with E-state index in [0.717, 1.165) is 5.56 Å². The second kappa shape index (κ2) is 7.75. The van der Waals surface area contributed by atoms with Crippen molar-refractivity contribution < 1.29 is 18.1 Å². The molecule has 1 heterocycles. The van der Waals surface area contributed by atoms with Crippen LogP contribution in [-0.2, 0) is 14.8 Å². The molecule has 0 saturated carbocycles. The molecule has 1 aliphatic rings. The number of benzene rings is 3. The zero-order valence-electron chi connectivity index (χ0n) is 15.3. The number of rotatable bonds is 5. The number of nitrogens with zero attached hydrogens (tertiary/aromatic N) is 2. The molecule has 0 bridgehead atoms. The maximum atomic E-state index is 13.3. The molecule has 0 amide bonds. The van der Waals surface area contributed by atoms with Crippen molar-refractivity contribution in [1.29, 1.82) is 0 Å². The van der Waals surface area contributed by atoms with Crippen LogP contribution in [0, 0.1) is 10.1 Å². The van der Waals surface area contributed by atoms with Gasteiger partial charge in [-0.3, -0.25) is 10.1 Å². The highest BCUT2D eigenvalue weighted by molar-refractivity contribution is 7.89. The van der Waals surface area contributed by atoms with Crippen LogP contribution in [0.2, 0.25) is 0 Å². The lowest BCUT2D eigenvalue weighted by Crippen LogP contribution is -2.31. The summed E-state index contributed by atoms with van der Waals surface area (Å²) in [4.78, 5) is 10.6. The highest BCUT2D eigenvalue weighted by atomic mass is 32.2. The number of nitro benzene ring substituents is 1. The van der Waals surface area contributed by atoms with E-state index in [1.807, 2.05) is 30.3 Å². The van der Waals surface area contributed by atoms with E-state index in [2.05, 4.69) is 0 Å². The molecule has 148 valence electrons.